The first-order valence-electron chi connectivity index (χ1n) is 6.99. The summed E-state index contributed by atoms with van der Waals surface area (Å²) in [6.45, 7) is 1.94. The van der Waals surface area contributed by atoms with Crippen LogP contribution in [-0.2, 0) is 4.79 Å². The van der Waals surface area contributed by atoms with Crippen LogP contribution >= 0.6 is 15.9 Å². The smallest absolute Gasteiger partial charge is 0.271 e. The van der Waals surface area contributed by atoms with Crippen molar-refractivity contribution in [3.05, 3.63) is 68.7 Å². The minimum atomic E-state index is -0.471. The third-order valence-electron chi connectivity index (χ3n) is 3.26. The summed E-state index contributed by atoms with van der Waals surface area (Å²) in [4.78, 5) is 22.2. The van der Waals surface area contributed by atoms with Crippen molar-refractivity contribution in [1.29, 1.82) is 0 Å². The maximum atomic E-state index is 12.0. The molecule has 120 valence electrons. The molecule has 0 bridgehead atoms. The SMILES string of the molecule is C[C@H](NC(=O)CNc1cccc([N+](=O)[O-])c1)c1ccc(Br)cc1. The summed E-state index contributed by atoms with van der Waals surface area (Å²) in [5, 5.41) is 16.5. The maximum Gasteiger partial charge on any atom is 0.271 e. The fraction of sp³-hybridized carbons (Fsp3) is 0.188. The van der Waals surface area contributed by atoms with Crippen molar-refractivity contribution in [1.82, 2.24) is 5.32 Å². The Balaban J connectivity index is 1.88. The molecule has 6 nitrogen and oxygen atoms in total. The van der Waals surface area contributed by atoms with Gasteiger partial charge in [0.25, 0.3) is 5.69 Å². The molecule has 0 aliphatic carbocycles. The van der Waals surface area contributed by atoms with E-state index in [-0.39, 0.29) is 24.2 Å². The van der Waals surface area contributed by atoms with Gasteiger partial charge >= 0.3 is 0 Å². The van der Waals surface area contributed by atoms with Gasteiger partial charge in [0.2, 0.25) is 5.91 Å². The lowest BCUT2D eigenvalue weighted by molar-refractivity contribution is -0.384. The molecule has 0 aliphatic heterocycles. The molecule has 7 heteroatoms. The Bertz CT molecular complexity index is 704. The first-order chi connectivity index (χ1) is 11.0. The third-order valence-corrected chi connectivity index (χ3v) is 3.79. The van der Waals surface area contributed by atoms with Crippen LogP contribution in [0.1, 0.15) is 18.5 Å². The van der Waals surface area contributed by atoms with Crippen molar-refractivity contribution in [3.63, 3.8) is 0 Å². The highest BCUT2D eigenvalue weighted by molar-refractivity contribution is 9.10. The second kappa shape index (κ2) is 7.73. The number of hydrogen-bond donors (Lipinski definition) is 2. The normalized spacial score (nSPS) is 11.6. The van der Waals surface area contributed by atoms with Gasteiger partial charge in [-0.1, -0.05) is 34.1 Å². The zero-order chi connectivity index (χ0) is 16.8. The predicted molar refractivity (Wildman–Crippen MR) is 92.3 cm³/mol. The van der Waals surface area contributed by atoms with E-state index in [0.29, 0.717) is 5.69 Å². The Labute approximate surface area is 142 Å². The largest absolute Gasteiger partial charge is 0.376 e. The van der Waals surface area contributed by atoms with Crippen LogP contribution in [-0.4, -0.2) is 17.4 Å². The zero-order valence-electron chi connectivity index (χ0n) is 12.5. The molecule has 0 aromatic heterocycles. The van der Waals surface area contributed by atoms with Crippen molar-refractivity contribution < 1.29 is 9.72 Å². The van der Waals surface area contributed by atoms with Crippen molar-refractivity contribution in [2.75, 3.05) is 11.9 Å². The van der Waals surface area contributed by atoms with Crippen LogP contribution < -0.4 is 10.6 Å². The molecule has 0 spiro atoms. The van der Waals surface area contributed by atoms with E-state index in [1.165, 1.54) is 12.1 Å². The Hall–Kier alpha value is -2.41. The fourth-order valence-electron chi connectivity index (χ4n) is 2.04. The minimum absolute atomic E-state index is 0.0151. The number of nitro groups is 1. The minimum Gasteiger partial charge on any atom is -0.376 e. The first kappa shape index (κ1) is 17.0. The summed E-state index contributed by atoms with van der Waals surface area (Å²) >= 11 is 3.37. The van der Waals surface area contributed by atoms with Crippen molar-refractivity contribution in [2.24, 2.45) is 0 Å². The first-order valence-corrected chi connectivity index (χ1v) is 7.78. The van der Waals surface area contributed by atoms with Gasteiger partial charge in [-0.15, -0.1) is 0 Å². The predicted octanol–water partition coefficient (Wildman–Crippen LogP) is 3.65. The third kappa shape index (κ3) is 5.07. The summed E-state index contributed by atoms with van der Waals surface area (Å²) in [5.74, 6) is -0.188. The number of nitrogens with one attached hydrogen (secondary N) is 2. The number of halogens is 1. The molecule has 0 unspecified atom stereocenters. The summed E-state index contributed by atoms with van der Waals surface area (Å²) in [7, 11) is 0. The summed E-state index contributed by atoms with van der Waals surface area (Å²) in [6.07, 6.45) is 0. The second-order valence-electron chi connectivity index (χ2n) is 5.00. The van der Waals surface area contributed by atoms with Gasteiger partial charge in [0.15, 0.2) is 0 Å². The molecule has 0 saturated heterocycles. The highest BCUT2D eigenvalue weighted by Gasteiger charge is 2.10. The van der Waals surface area contributed by atoms with Crippen molar-refractivity contribution >= 4 is 33.2 Å². The van der Waals surface area contributed by atoms with Crippen LogP contribution in [0.15, 0.2) is 53.0 Å². The molecule has 0 aliphatic rings. The van der Waals surface area contributed by atoms with Gasteiger partial charge in [-0.2, -0.15) is 0 Å². The maximum absolute atomic E-state index is 12.0. The lowest BCUT2D eigenvalue weighted by Gasteiger charge is -2.15. The summed E-state index contributed by atoms with van der Waals surface area (Å²) in [6, 6.07) is 13.6. The molecule has 2 aromatic rings. The lowest BCUT2D eigenvalue weighted by atomic mass is 10.1. The van der Waals surface area contributed by atoms with E-state index in [2.05, 4.69) is 26.6 Å². The highest BCUT2D eigenvalue weighted by Crippen LogP contribution is 2.18. The van der Waals surface area contributed by atoms with Gasteiger partial charge in [-0.25, -0.2) is 0 Å². The number of non-ortho nitro benzene ring substituents is 1. The van der Waals surface area contributed by atoms with Gasteiger partial charge < -0.3 is 10.6 Å². The Morgan fingerprint density at radius 1 is 1.26 bits per heavy atom. The van der Waals surface area contributed by atoms with E-state index in [1.807, 2.05) is 31.2 Å². The number of anilines is 1. The summed E-state index contributed by atoms with van der Waals surface area (Å²) < 4.78 is 0.979. The Kier molecular flexibility index (Phi) is 5.70. The molecule has 0 saturated carbocycles. The molecule has 0 radical (unpaired) electrons. The van der Waals surface area contributed by atoms with E-state index < -0.39 is 4.92 Å². The van der Waals surface area contributed by atoms with E-state index >= 15 is 0 Å². The number of hydrogen-bond acceptors (Lipinski definition) is 4. The van der Waals surface area contributed by atoms with Gasteiger partial charge in [0, 0.05) is 22.3 Å². The van der Waals surface area contributed by atoms with E-state index in [1.54, 1.807) is 12.1 Å². The quantitative estimate of drug-likeness (QED) is 0.594. The molecule has 0 heterocycles. The highest BCUT2D eigenvalue weighted by atomic mass is 79.9. The van der Waals surface area contributed by atoms with Crippen LogP contribution in [0.2, 0.25) is 0 Å². The van der Waals surface area contributed by atoms with Crippen LogP contribution in [0.5, 0.6) is 0 Å². The van der Waals surface area contributed by atoms with Gasteiger partial charge in [0.1, 0.15) is 0 Å². The van der Waals surface area contributed by atoms with E-state index in [9.17, 15) is 14.9 Å². The van der Waals surface area contributed by atoms with E-state index in [4.69, 9.17) is 0 Å². The standard InChI is InChI=1S/C16H16BrN3O3/c1-11(12-5-7-13(17)8-6-12)19-16(21)10-18-14-3-2-4-15(9-14)20(22)23/h2-9,11,18H,10H2,1H3,(H,19,21)/t11-/m0/s1. The van der Waals surface area contributed by atoms with Gasteiger partial charge in [0.05, 0.1) is 17.5 Å². The van der Waals surface area contributed by atoms with Crippen LogP contribution in [0.25, 0.3) is 0 Å². The molecule has 2 rings (SSSR count). The number of benzene rings is 2. The van der Waals surface area contributed by atoms with Crippen molar-refractivity contribution in [3.8, 4) is 0 Å². The topological polar surface area (TPSA) is 84.3 Å². The zero-order valence-corrected chi connectivity index (χ0v) is 14.0. The lowest BCUT2D eigenvalue weighted by Crippen LogP contribution is -2.32. The van der Waals surface area contributed by atoms with Crippen LogP contribution in [0, 0.1) is 10.1 Å². The monoisotopic (exact) mass is 377 g/mol. The molecule has 0 fully saturated rings. The molecular formula is C16H16BrN3O3. The number of nitrogens with zero attached hydrogens (tertiary/aromatic N) is 1. The summed E-state index contributed by atoms with van der Waals surface area (Å²) in [5.41, 5.74) is 1.51. The Morgan fingerprint density at radius 3 is 2.61 bits per heavy atom. The van der Waals surface area contributed by atoms with E-state index in [0.717, 1.165) is 10.0 Å². The van der Waals surface area contributed by atoms with Crippen LogP contribution in [0.4, 0.5) is 11.4 Å². The van der Waals surface area contributed by atoms with Gasteiger partial charge in [-0.3, -0.25) is 14.9 Å². The number of rotatable bonds is 6. The number of carbonyl (C=O) groups excluding carboxylic acids is 1. The molecule has 2 N–H and O–H groups in total. The van der Waals surface area contributed by atoms with Gasteiger partial charge in [-0.05, 0) is 30.7 Å². The molecule has 23 heavy (non-hydrogen) atoms. The Morgan fingerprint density at radius 2 is 1.96 bits per heavy atom. The van der Waals surface area contributed by atoms with Crippen LogP contribution in [0.3, 0.4) is 0 Å². The average Bonchev–Trinajstić information content (AvgIpc) is 2.53. The molecule has 1 amide bonds. The average molecular weight is 378 g/mol. The fourth-order valence-corrected chi connectivity index (χ4v) is 2.30. The molecule has 2 aromatic carbocycles. The number of amides is 1. The van der Waals surface area contributed by atoms with Crippen molar-refractivity contribution in [2.45, 2.75) is 13.0 Å². The molecule has 1 atom stereocenters. The number of carbonyl (C=O) groups is 1. The number of nitro benzene ring substituents is 1. The second-order valence-corrected chi connectivity index (χ2v) is 5.92. The molecular weight excluding hydrogens is 362 g/mol.